The summed E-state index contributed by atoms with van der Waals surface area (Å²) < 4.78 is 11.0. The van der Waals surface area contributed by atoms with Crippen LogP contribution < -0.4 is 15.2 Å². The summed E-state index contributed by atoms with van der Waals surface area (Å²) in [5.41, 5.74) is 7.33. The van der Waals surface area contributed by atoms with Gasteiger partial charge in [-0.2, -0.15) is 0 Å². The average Bonchev–Trinajstić information content (AvgIpc) is 2.66. The normalized spacial score (nSPS) is 12.3. The minimum absolute atomic E-state index is 0.256. The van der Waals surface area contributed by atoms with Gasteiger partial charge in [-0.05, 0) is 36.4 Å². The Morgan fingerprint density at radius 2 is 1.31 bits per heavy atom. The largest absolute Gasteiger partial charge is 0.497 e. The molecule has 1 aliphatic carbocycles. The minimum atomic E-state index is -0.272. The SMILES string of the molecule is COc1ccc(Oc2cccc3c2C(=O)c2cccc(N)c2C3=O)cc1. The molecule has 0 saturated carbocycles. The molecule has 0 spiro atoms. The van der Waals surface area contributed by atoms with Crippen LogP contribution in [0.15, 0.2) is 60.7 Å². The van der Waals surface area contributed by atoms with E-state index in [1.807, 2.05) is 0 Å². The Bertz CT molecular complexity index is 1040. The molecule has 26 heavy (non-hydrogen) atoms. The van der Waals surface area contributed by atoms with Crippen molar-refractivity contribution >= 4 is 17.3 Å². The molecule has 3 aromatic carbocycles. The summed E-state index contributed by atoms with van der Waals surface area (Å²) in [6.45, 7) is 0. The van der Waals surface area contributed by atoms with Crippen molar-refractivity contribution in [1.82, 2.24) is 0 Å². The van der Waals surface area contributed by atoms with Crippen LogP contribution in [0.4, 0.5) is 5.69 Å². The fourth-order valence-corrected chi connectivity index (χ4v) is 3.09. The van der Waals surface area contributed by atoms with E-state index in [4.69, 9.17) is 15.2 Å². The molecule has 0 heterocycles. The van der Waals surface area contributed by atoms with Crippen LogP contribution in [-0.4, -0.2) is 18.7 Å². The van der Waals surface area contributed by atoms with Crippen molar-refractivity contribution < 1.29 is 19.1 Å². The lowest BCUT2D eigenvalue weighted by molar-refractivity contribution is 0.0977. The van der Waals surface area contributed by atoms with E-state index < -0.39 is 0 Å². The van der Waals surface area contributed by atoms with Crippen LogP contribution in [0, 0.1) is 0 Å². The van der Waals surface area contributed by atoms with Gasteiger partial charge in [-0.1, -0.05) is 24.3 Å². The van der Waals surface area contributed by atoms with Gasteiger partial charge in [0.25, 0.3) is 0 Å². The Balaban J connectivity index is 1.81. The Morgan fingerprint density at radius 1 is 0.731 bits per heavy atom. The molecule has 1 aliphatic rings. The van der Waals surface area contributed by atoms with E-state index in [0.717, 1.165) is 0 Å². The fraction of sp³-hybridized carbons (Fsp3) is 0.0476. The van der Waals surface area contributed by atoms with Crippen LogP contribution in [0.1, 0.15) is 31.8 Å². The summed E-state index contributed by atoms with van der Waals surface area (Å²) in [7, 11) is 1.58. The van der Waals surface area contributed by atoms with Crippen molar-refractivity contribution in [2.45, 2.75) is 0 Å². The molecule has 0 aromatic heterocycles. The summed E-state index contributed by atoms with van der Waals surface area (Å²) in [4.78, 5) is 25.9. The number of carbonyl (C=O) groups is 2. The second-order valence-electron chi connectivity index (χ2n) is 5.88. The summed E-state index contributed by atoms with van der Waals surface area (Å²) in [6, 6.07) is 16.9. The van der Waals surface area contributed by atoms with Crippen molar-refractivity contribution in [3.8, 4) is 17.2 Å². The lowest BCUT2D eigenvalue weighted by atomic mass is 9.83. The van der Waals surface area contributed by atoms with Crippen LogP contribution in [0.25, 0.3) is 0 Å². The molecule has 128 valence electrons. The number of hydrogen-bond donors (Lipinski definition) is 1. The van der Waals surface area contributed by atoms with Crippen molar-refractivity contribution in [2.75, 3.05) is 12.8 Å². The highest BCUT2D eigenvalue weighted by Crippen LogP contribution is 2.37. The first-order chi connectivity index (χ1) is 12.6. The maximum Gasteiger partial charge on any atom is 0.198 e. The van der Waals surface area contributed by atoms with Crippen LogP contribution in [-0.2, 0) is 0 Å². The molecule has 0 amide bonds. The van der Waals surface area contributed by atoms with Crippen LogP contribution in [0.2, 0.25) is 0 Å². The molecule has 0 bridgehead atoms. The van der Waals surface area contributed by atoms with E-state index in [9.17, 15) is 9.59 Å². The van der Waals surface area contributed by atoms with Gasteiger partial charge in [0.05, 0.1) is 18.2 Å². The van der Waals surface area contributed by atoms with Gasteiger partial charge in [0.2, 0.25) is 0 Å². The molecule has 0 saturated heterocycles. The smallest absolute Gasteiger partial charge is 0.198 e. The van der Waals surface area contributed by atoms with E-state index in [1.165, 1.54) is 0 Å². The van der Waals surface area contributed by atoms with Crippen molar-refractivity contribution in [2.24, 2.45) is 0 Å². The van der Waals surface area contributed by atoms with Gasteiger partial charge in [0, 0.05) is 16.8 Å². The first kappa shape index (κ1) is 15.9. The summed E-state index contributed by atoms with van der Waals surface area (Å²) >= 11 is 0. The molecule has 2 N–H and O–H groups in total. The molecule has 3 aromatic rings. The third-order valence-corrected chi connectivity index (χ3v) is 4.35. The maximum absolute atomic E-state index is 13.0. The number of methoxy groups -OCH3 is 1. The van der Waals surface area contributed by atoms with E-state index in [1.54, 1.807) is 67.8 Å². The molecular formula is C21H15NO4. The monoisotopic (exact) mass is 345 g/mol. The number of benzene rings is 3. The lowest BCUT2D eigenvalue weighted by Crippen LogP contribution is -2.22. The van der Waals surface area contributed by atoms with Gasteiger partial charge in [-0.15, -0.1) is 0 Å². The summed E-state index contributed by atoms with van der Waals surface area (Å²) in [6.07, 6.45) is 0. The Morgan fingerprint density at radius 3 is 2.00 bits per heavy atom. The van der Waals surface area contributed by atoms with Crippen LogP contribution in [0.3, 0.4) is 0 Å². The average molecular weight is 345 g/mol. The Labute approximate surface area is 150 Å². The number of carbonyl (C=O) groups excluding carboxylic acids is 2. The third-order valence-electron chi connectivity index (χ3n) is 4.35. The van der Waals surface area contributed by atoms with Gasteiger partial charge in [-0.3, -0.25) is 9.59 Å². The predicted octanol–water partition coefficient (Wildman–Crippen LogP) is 3.85. The number of rotatable bonds is 3. The van der Waals surface area contributed by atoms with Gasteiger partial charge in [0.1, 0.15) is 17.2 Å². The minimum Gasteiger partial charge on any atom is -0.497 e. The number of ketones is 2. The third kappa shape index (κ3) is 2.41. The molecule has 0 radical (unpaired) electrons. The molecule has 0 atom stereocenters. The number of fused-ring (bicyclic) bond motifs is 2. The summed E-state index contributed by atoms with van der Waals surface area (Å²) in [5, 5.41) is 0. The van der Waals surface area contributed by atoms with Gasteiger partial charge in [0.15, 0.2) is 11.6 Å². The standard InChI is InChI=1S/C21H15NO4/c1-25-12-8-10-13(11-9-12)26-17-7-3-5-15-19(17)21(24)14-4-2-6-16(22)18(14)20(15)23/h2-11H,22H2,1H3. The number of hydrogen-bond acceptors (Lipinski definition) is 5. The highest BCUT2D eigenvalue weighted by atomic mass is 16.5. The fourth-order valence-electron chi connectivity index (χ4n) is 3.09. The van der Waals surface area contributed by atoms with Crippen molar-refractivity contribution in [1.29, 1.82) is 0 Å². The Kier molecular flexibility index (Phi) is 3.69. The maximum atomic E-state index is 13.0. The van der Waals surface area contributed by atoms with Gasteiger partial charge < -0.3 is 15.2 Å². The molecule has 4 rings (SSSR count). The van der Waals surface area contributed by atoms with Crippen molar-refractivity contribution in [3.05, 3.63) is 82.9 Å². The first-order valence-corrected chi connectivity index (χ1v) is 8.03. The van der Waals surface area contributed by atoms with Crippen molar-refractivity contribution in [3.63, 3.8) is 0 Å². The quantitative estimate of drug-likeness (QED) is 0.571. The topological polar surface area (TPSA) is 78.6 Å². The zero-order valence-electron chi connectivity index (χ0n) is 14.0. The molecule has 0 aliphatic heterocycles. The Hall–Kier alpha value is -3.60. The number of nitrogens with two attached hydrogens (primary N) is 1. The van der Waals surface area contributed by atoms with Gasteiger partial charge in [-0.25, -0.2) is 0 Å². The van der Waals surface area contributed by atoms with Gasteiger partial charge >= 0.3 is 0 Å². The molecule has 0 unspecified atom stereocenters. The number of ether oxygens (including phenoxy) is 2. The van der Waals surface area contributed by atoms with Crippen LogP contribution >= 0.6 is 0 Å². The van der Waals surface area contributed by atoms with E-state index >= 15 is 0 Å². The summed E-state index contributed by atoms with van der Waals surface area (Å²) in [5.74, 6) is 1.03. The van der Waals surface area contributed by atoms with E-state index in [2.05, 4.69) is 0 Å². The highest BCUT2D eigenvalue weighted by Gasteiger charge is 2.33. The molecule has 5 heteroatoms. The molecule has 5 nitrogen and oxygen atoms in total. The zero-order valence-corrected chi connectivity index (χ0v) is 14.0. The number of anilines is 1. The zero-order chi connectivity index (χ0) is 18.3. The number of nitrogen functional groups attached to an aromatic ring is 1. The first-order valence-electron chi connectivity index (χ1n) is 8.03. The second kappa shape index (κ2) is 6.04. The van der Waals surface area contributed by atoms with E-state index in [0.29, 0.717) is 34.1 Å². The predicted molar refractivity (Wildman–Crippen MR) is 97.2 cm³/mol. The molecule has 0 fully saturated rings. The molecular weight excluding hydrogens is 330 g/mol. The second-order valence-corrected chi connectivity index (χ2v) is 5.88. The van der Waals surface area contributed by atoms with E-state index in [-0.39, 0.29) is 22.7 Å². The van der Waals surface area contributed by atoms with Crippen LogP contribution in [0.5, 0.6) is 17.2 Å². The highest BCUT2D eigenvalue weighted by molar-refractivity contribution is 6.30. The lowest BCUT2D eigenvalue weighted by Gasteiger charge is -2.21.